The van der Waals surface area contributed by atoms with Gasteiger partial charge in [-0.2, -0.15) is 0 Å². The lowest BCUT2D eigenvalue weighted by atomic mass is 10.0. The van der Waals surface area contributed by atoms with Crippen LogP contribution in [0, 0.1) is 0 Å². The number of hydrogen-bond donors (Lipinski definition) is 3. The van der Waals surface area contributed by atoms with E-state index in [-0.39, 0.29) is 34.6 Å². The van der Waals surface area contributed by atoms with E-state index in [4.69, 9.17) is 23.1 Å². The number of halogens is 1. The summed E-state index contributed by atoms with van der Waals surface area (Å²) in [6, 6.07) is 13.4. The van der Waals surface area contributed by atoms with Crippen LogP contribution in [0.4, 0.5) is 0 Å². The average molecular weight is 602 g/mol. The van der Waals surface area contributed by atoms with Gasteiger partial charge >= 0.3 is 0 Å². The first-order valence-corrected chi connectivity index (χ1v) is 15.3. The highest BCUT2D eigenvalue weighted by Crippen LogP contribution is 2.41. The minimum atomic E-state index is -0.688. The van der Waals surface area contributed by atoms with Gasteiger partial charge in [0, 0.05) is 23.6 Å². The number of β-lactam (4-membered cyclic amide) rings is 1. The van der Waals surface area contributed by atoms with Gasteiger partial charge in [0.2, 0.25) is 5.91 Å². The summed E-state index contributed by atoms with van der Waals surface area (Å²) in [5.41, 5.74) is 11.7. The van der Waals surface area contributed by atoms with Gasteiger partial charge in [-0.05, 0) is 46.2 Å². The monoisotopic (exact) mass is 601 g/mol. The fraction of sp³-hybridized carbons (Fsp3) is 0.357. The molecular weight excluding hydrogens is 568 g/mol. The molecule has 0 aromatic heterocycles. The Morgan fingerprint density at radius 1 is 1.23 bits per heavy atom. The zero-order valence-electron chi connectivity index (χ0n) is 22.5. The number of nitrogens with zero attached hydrogens (tertiary/aromatic N) is 3. The normalized spacial score (nSPS) is 19.0. The molecular formula is C28H34ClN6O3S2+. The van der Waals surface area contributed by atoms with Crippen LogP contribution in [-0.2, 0) is 14.4 Å². The number of hydrogen-bond acceptors (Lipinski definition) is 6. The number of nitrogens with two attached hydrogens (primary N) is 2. The molecule has 1 saturated heterocycles. The van der Waals surface area contributed by atoms with Gasteiger partial charge in [0.05, 0.1) is 32.9 Å². The maximum Gasteiger partial charge on any atom is 0.269 e. The molecule has 0 spiro atoms. The molecule has 2 aromatic carbocycles. The number of guanidine groups is 1. The zero-order chi connectivity index (χ0) is 28.9. The van der Waals surface area contributed by atoms with Gasteiger partial charge in [-0.1, -0.05) is 36.4 Å². The molecule has 2 atom stereocenters. The summed E-state index contributed by atoms with van der Waals surface area (Å²) in [6.45, 7) is 2.15. The van der Waals surface area contributed by atoms with E-state index in [1.165, 1.54) is 28.4 Å². The Morgan fingerprint density at radius 2 is 1.98 bits per heavy atom. The molecule has 0 aliphatic carbocycles. The van der Waals surface area contributed by atoms with Crippen LogP contribution < -0.4 is 16.8 Å². The van der Waals surface area contributed by atoms with Crippen molar-refractivity contribution in [1.82, 2.24) is 10.2 Å². The number of fused-ring (bicyclic) bond motifs is 2. The smallest absolute Gasteiger partial charge is 0.269 e. The van der Waals surface area contributed by atoms with Crippen LogP contribution in [0.3, 0.4) is 0 Å². The van der Waals surface area contributed by atoms with E-state index in [0.717, 1.165) is 28.6 Å². The van der Waals surface area contributed by atoms with Crippen molar-refractivity contribution in [3.63, 3.8) is 0 Å². The number of thioether (sulfide) groups is 2. The molecule has 2 amide bonds. The highest BCUT2D eigenvalue weighted by Gasteiger charge is 2.53. The van der Waals surface area contributed by atoms with Gasteiger partial charge in [-0.15, -0.1) is 23.5 Å². The molecule has 0 radical (unpaired) electrons. The molecule has 12 heteroatoms. The van der Waals surface area contributed by atoms with Crippen molar-refractivity contribution in [1.29, 1.82) is 0 Å². The highest BCUT2D eigenvalue weighted by atomic mass is 35.5. The SMILES string of the molecule is C[N+](C)(C/C=C/C1=C(C(=O)Cl)N2C(=O)[C@@H](NC(=O)CSc3ccc4ccccc4c3)[C@H]2SC1)CCCN=C(N)N. The molecule has 1 fully saturated rings. The van der Waals surface area contributed by atoms with Crippen molar-refractivity contribution in [2.24, 2.45) is 16.5 Å². The fourth-order valence-corrected chi connectivity index (χ4v) is 6.94. The lowest BCUT2D eigenvalue weighted by Gasteiger charge is -2.49. The van der Waals surface area contributed by atoms with Crippen molar-refractivity contribution in [3.8, 4) is 0 Å². The second kappa shape index (κ2) is 13.1. The summed E-state index contributed by atoms with van der Waals surface area (Å²) < 4.78 is 0.706. The Hall–Kier alpha value is -2.99. The molecule has 4 rings (SSSR count). The quantitative estimate of drug-likeness (QED) is 0.0648. The van der Waals surface area contributed by atoms with Gasteiger partial charge < -0.3 is 21.3 Å². The van der Waals surface area contributed by atoms with Gasteiger partial charge in [-0.25, -0.2) is 0 Å². The molecule has 0 unspecified atom stereocenters. The Balaban J connectivity index is 1.33. The second-order valence-corrected chi connectivity index (χ2v) is 12.8. The van der Waals surface area contributed by atoms with Crippen molar-refractivity contribution >= 4 is 68.9 Å². The summed E-state index contributed by atoms with van der Waals surface area (Å²) in [6.07, 6.45) is 4.69. The van der Waals surface area contributed by atoms with Crippen LogP contribution in [0.25, 0.3) is 10.8 Å². The number of carbonyl (C=O) groups excluding carboxylic acids is 3. The Morgan fingerprint density at radius 3 is 2.70 bits per heavy atom. The molecule has 2 aromatic rings. The van der Waals surface area contributed by atoms with Crippen LogP contribution in [-0.4, -0.2) is 89.1 Å². The number of quaternary nitrogens is 1. The lowest BCUT2D eigenvalue weighted by molar-refractivity contribution is -0.884. The van der Waals surface area contributed by atoms with Crippen molar-refractivity contribution in [2.75, 3.05) is 45.2 Å². The van der Waals surface area contributed by atoms with Crippen LogP contribution >= 0.6 is 35.1 Å². The van der Waals surface area contributed by atoms with E-state index in [1.54, 1.807) is 0 Å². The van der Waals surface area contributed by atoms with Gasteiger partial charge in [0.15, 0.2) is 5.96 Å². The number of allylic oxidation sites excluding steroid dienone is 2. The molecule has 0 saturated carbocycles. The molecule has 5 N–H and O–H groups in total. The van der Waals surface area contributed by atoms with Gasteiger partial charge in [0.25, 0.3) is 11.1 Å². The third-order valence-corrected chi connectivity index (χ3v) is 9.20. The number of aliphatic imine (C=N–C) groups is 1. The minimum Gasteiger partial charge on any atom is -0.370 e. The van der Waals surface area contributed by atoms with Gasteiger partial charge in [-0.3, -0.25) is 24.3 Å². The number of carbonyl (C=O) groups is 3. The van der Waals surface area contributed by atoms with Crippen LogP contribution in [0.5, 0.6) is 0 Å². The van der Waals surface area contributed by atoms with E-state index < -0.39 is 11.3 Å². The summed E-state index contributed by atoms with van der Waals surface area (Å²) in [5, 5.41) is 4.05. The first-order chi connectivity index (χ1) is 19.1. The van der Waals surface area contributed by atoms with Crippen molar-refractivity contribution in [2.45, 2.75) is 22.7 Å². The zero-order valence-corrected chi connectivity index (χ0v) is 24.9. The lowest BCUT2D eigenvalue weighted by Crippen LogP contribution is -2.70. The number of likely N-dealkylation sites (N-methyl/N-ethyl adjacent to an activating group) is 1. The molecule has 40 heavy (non-hydrogen) atoms. The Bertz CT molecular complexity index is 1390. The number of benzene rings is 2. The predicted octanol–water partition coefficient (Wildman–Crippen LogP) is 2.65. The maximum absolute atomic E-state index is 13.0. The maximum atomic E-state index is 13.0. The summed E-state index contributed by atoms with van der Waals surface area (Å²) in [4.78, 5) is 44.5. The molecule has 212 valence electrons. The third-order valence-electron chi connectivity index (χ3n) is 6.73. The van der Waals surface area contributed by atoms with Crippen LogP contribution in [0.2, 0.25) is 0 Å². The van der Waals surface area contributed by atoms with E-state index >= 15 is 0 Å². The third kappa shape index (κ3) is 7.39. The van der Waals surface area contributed by atoms with Crippen LogP contribution in [0.15, 0.2) is 75.8 Å². The van der Waals surface area contributed by atoms with E-state index in [1.807, 2.05) is 54.6 Å². The van der Waals surface area contributed by atoms with E-state index in [2.05, 4.69) is 24.4 Å². The first kappa shape index (κ1) is 30.0. The summed E-state index contributed by atoms with van der Waals surface area (Å²) in [5.74, 6) is 0.224. The van der Waals surface area contributed by atoms with Crippen molar-refractivity contribution < 1.29 is 18.9 Å². The standard InChI is InChI=1S/C28H33ClN6O3S2/c1-35(2,14-6-12-32-28(30)31)13-5-9-20-16-40-27-23(26(38)34(27)24(20)25(29)37)33-22(36)17-39-21-11-10-18-7-3-4-8-19(18)15-21/h3-5,7-11,15,23,27H,6,12-14,16-17H2,1-2H3,(H4-,30,31,32,33,36)/p+1/b9-5+/t23-,27-/m1/s1. The van der Waals surface area contributed by atoms with Gasteiger partial charge in [0.1, 0.15) is 17.1 Å². The van der Waals surface area contributed by atoms with E-state index in [9.17, 15) is 14.4 Å². The summed E-state index contributed by atoms with van der Waals surface area (Å²) >= 11 is 8.87. The second-order valence-electron chi connectivity index (χ2n) is 10.3. The largest absolute Gasteiger partial charge is 0.370 e. The molecule has 0 bridgehead atoms. The Labute approximate surface area is 247 Å². The fourth-order valence-electron chi connectivity index (χ4n) is 4.65. The molecule has 2 aliphatic heterocycles. The van der Waals surface area contributed by atoms with E-state index in [0.29, 0.717) is 28.9 Å². The number of nitrogens with one attached hydrogen (secondary N) is 1. The first-order valence-electron chi connectivity index (χ1n) is 12.9. The Kier molecular flexibility index (Phi) is 9.83. The number of amides is 2. The average Bonchev–Trinajstić information content (AvgIpc) is 2.92. The highest BCUT2D eigenvalue weighted by molar-refractivity contribution is 8.00. The van der Waals surface area contributed by atoms with Crippen molar-refractivity contribution in [3.05, 3.63) is 65.9 Å². The minimum absolute atomic E-state index is 0.0887. The molecule has 2 aliphatic rings. The molecule has 2 heterocycles. The summed E-state index contributed by atoms with van der Waals surface area (Å²) in [7, 11) is 4.19. The number of rotatable bonds is 12. The topological polar surface area (TPSA) is 131 Å². The predicted molar refractivity (Wildman–Crippen MR) is 164 cm³/mol. The van der Waals surface area contributed by atoms with Crippen LogP contribution in [0.1, 0.15) is 6.42 Å². The molecule has 9 nitrogen and oxygen atoms in total.